The van der Waals surface area contributed by atoms with E-state index in [1.54, 1.807) is 12.1 Å². The number of hydrogen-bond acceptors (Lipinski definition) is 5. The fourth-order valence-electron chi connectivity index (χ4n) is 4.78. The van der Waals surface area contributed by atoms with Crippen LogP contribution in [-0.4, -0.2) is 35.4 Å². The zero-order valence-corrected chi connectivity index (χ0v) is 17.0. The van der Waals surface area contributed by atoms with Crippen molar-refractivity contribution < 1.29 is 24.2 Å². The predicted octanol–water partition coefficient (Wildman–Crippen LogP) is 3.94. The van der Waals surface area contributed by atoms with E-state index in [-0.39, 0.29) is 36.0 Å². The summed E-state index contributed by atoms with van der Waals surface area (Å²) in [6.07, 6.45) is 2.86. The molecule has 1 heterocycles. The first-order valence-corrected chi connectivity index (χ1v) is 10.8. The van der Waals surface area contributed by atoms with Crippen molar-refractivity contribution in [1.29, 1.82) is 0 Å². The Morgan fingerprint density at radius 1 is 1.07 bits per heavy atom. The molecule has 30 heavy (non-hydrogen) atoms. The molecule has 1 saturated heterocycles. The SMILES string of the molecule is O=C1C[C@@H]2C(CC[C@@H](O)CCc3ccccc3)[C@H](OC(=O)c3ccccc3)C[C@@H]2O1. The molecule has 0 radical (unpaired) electrons. The molecule has 5 nitrogen and oxygen atoms in total. The van der Waals surface area contributed by atoms with Gasteiger partial charge in [-0.15, -0.1) is 0 Å². The molecular weight excluding hydrogens is 380 g/mol. The number of aliphatic hydroxyl groups excluding tert-OH is 1. The summed E-state index contributed by atoms with van der Waals surface area (Å²) in [5.74, 6) is -0.429. The third kappa shape index (κ3) is 4.90. The Morgan fingerprint density at radius 3 is 2.50 bits per heavy atom. The molecule has 5 atom stereocenters. The zero-order chi connectivity index (χ0) is 20.9. The lowest BCUT2D eigenvalue weighted by atomic mass is 9.86. The number of ether oxygens (including phenoxy) is 2. The number of hydrogen-bond donors (Lipinski definition) is 1. The van der Waals surface area contributed by atoms with Crippen LogP contribution in [0.5, 0.6) is 0 Å². The summed E-state index contributed by atoms with van der Waals surface area (Å²) in [4.78, 5) is 24.3. The van der Waals surface area contributed by atoms with Gasteiger partial charge in [0, 0.05) is 18.3 Å². The molecule has 5 heteroatoms. The number of aliphatic hydroxyl groups is 1. The average Bonchev–Trinajstić information content (AvgIpc) is 3.27. The Hall–Kier alpha value is -2.66. The molecule has 158 valence electrons. The van der Waals surface area contributed by atoms with Gasteiger partial charge in [0.25, 0.3) is 0 Å². The molecule has 0 amide bonds. The van der Waals surface area contributed by atoms with Crippen LogP contribution in [0.2, 0.25) is 0 Å². The molecule has 0 aromatic heterocycles. The number of rotatable bonds is 8. The number of esters is 2. The molecule has 1 aliphatic heterocycles. The van der Waals surface area contributed by atoms with Crippen molar-refractivity contribution in [3.63, 3.8) is 0 Å². The lowest BCUT2D eigenvalue weighted by molar-refractivity contribution is -0.141. The van der Waals surface area contributed by atoms with Gasteiger partial charge in [0.1, 0.15) is 12.2 Å². The first-order chi connectivity index (χ1) is 14.6. The average molecular weight is 408 g/mol. The second kappa shape index (κ2) is 9.43. The molecule has 1 unspecified atom stereocenters. The van der Waals surface area contributed by atoms with Crippen LogP contribution < -0.4 is 0 Å². The van der Waals surface area contributed by atoms with Crippen LogP contribution in [0.15, 0.2) is 60.7 Å². The Kier molecular flexibility index (Phi) is 6.48. The van der Waals surface area contributed by atoms with Crippen molar-refractivity contribution in [2.24, 2.45) is 11.8 Å². The topological polar surface area (TPSA) is 72.8 Å². The van der Waals surface area contributed by atoms with Crippen molar-refractivity contribution in [2.45, 2.75) is 56.8 Å². The van der Waals surface area contributed by atoms with Gasteiger partial charge in [-0.2, -0.15) is 0 Å². The normalized spacial score (nSPS) is 26.1. The van der Waals surface area contributed by atoms with Crippen molar-refractivity contribution in [3.8, 4) is 0 Å². The summed E-state index contributed by atoms with van der Waals surface area (Å²) >= 11 is 0. The third-order valence-electron chi connectivity index (χ3n) is 6.37. The van der Waals surface area contributed by atoms with E-state index in [9.17, 15) is 14.7 Å². The summed E-state index contributed by atoms with van der Waals surface area (Å²) in [6.45, 7) is 0. The second-order valence-electron chi connectivity index (χ2n) is 8.36. The van der Waals surface area contributed by atoms with Gasteiger partial charge in [-0.3, -0.25) is 4.79 Å². The highest BCUT2D eigenvalue weighted by molar-refractivity contribution is 5.89. The summed E-state index contributed by atoms with van der Waals surface area (Å²) in [6, 6.07) is 19.1. The van der Waals surface area contributed by atoms with E-state index in [1.165, 1.54) is 5.56 Å². The van der Waals surface area contributed by atoms with Crippen molar-refractivity contribution in [3.05, 3.63) is 71.8 Å². The van der Waals surface area contributed by atoms with Crippen LogP contribution in [-0.2, 0) is 20.7 Å². The molecule has 2 aromatic rings. The minimum Gasteiger partial charge on any atom is -0.462 e. The summed E-state index contributed by atoms with van der Waals surface area (Å²) < 4.78 is 11.3. The van der Waals surface area contributed by atoms with Gasteiger partial charge >= 0.3 is 11.9 Å². The quantitative estimate of drug-likeness (QED) is 0.670. The fourth-order valence-corrected chi connectivity index (χ4v) is 4.78. The molecule has 2 aromatic carbocycles. The maximum absolute atomic E-state index is 12.5. The van der Waals surface area contributed by atoms with Crippen LogP contribution in [0.4, 0.5) is 0 Å². The molecule has 1 saturated carbocycles. The van der Waals surface area contributed by atoms with Crippen LogP contribution in [0.25, 0.3) is 0 Å². The van der Waals surface area contributed by atoms with Crippen LogP contribution >= 0.6 is 0 Å². The van der Waals surface area contributed by atoms with Crippen molar-refractivity contribution in [2.75, 3.05) is 0 Å². The van der Waals surface area contributed by atoms with Gasteiger partial charge in [0.05, 0.1) is 18.1 Å². The van der Waals surface area contributed by atoms with E-state index in [4.69, 9.17) is 9.47 Å². The van der Waals surface area contributed by atoms with Gasteiger partial charge < -0.3 is 14.6 Å². The Morgan fingerprint density at radius 2 is 1.77 bits per heavy atom. The monoisotopic (exact) mass is 408 g/mol. The molecule has 0 bridgehead atoms. The standard InChI is InChI=1S/C25H28O5/c26-19(12-11-17-7-3-1-4-8-17)13-14-20-21-15-24(27)29-23(21)16-22(20)30-25(28)18-9-5-2-6-10-18/h1-10,19-23,26H,11-16H2/t19-,20?,21+,22+,23-/m0/s1. The molecule has 4 rings (SSSR count). The maximum atomic E-state index is 12.5. The summed E-state index contributed by atoms with van der Waals surface area (Å²) in [5, 5.41) is 10.5. The molecule has 2 fully saturated rings. The Labute approximate surface area is 177 Å². The van der Waals surface area contributed by atoms with E-state index in [2.05, 4.69) is 12.1 Å². The Balaban J connectivity index is 1.35. The highest BCUT2D eigenvalue weighted by atomic mass is 16.6. The van der Waals surface area contributed by atoms with Crippen LogP contribution in [0.1, 0.15) is 48.0 Å². The van der Waals surface area contributed by atoms with Gasteiger partial charge in [0.15, 0.2) is 0 Å². The van der Waals surface area contributed by atoms with Gasteiger partial charge in [-0.1, -0.05) is 48.5 Å². The molecule has 2 aliphatic rings. The third-order valence-corrected chi connectivity index (χ3v) is 6.37. The van der Waals surface area contributed by atoms with E-state index >= 15 is 0 Å². The minimum absolute atomic E-state index is 0.0282. The van der Waals surface area contributed by atoms with Gasteiger partial charge in [0.2, 0.25) is 0 Å². The first kappa shape index (κ1) is 20.6. The summed E-state index contributed by atoms with van der Waals surface area (Å²) in [5.41, 5.74) is 1.73. The lowest BCUT2D eigenvalue weighted by Gasteiger charge is -2.24. The number of aryl methyl sites for hydroxylation is 1. The van der Waals surface area contributed by atoms with E-state index in [0.29, 0.717) is 37.7 Å². The van der Waals surface area contributed by atoms with E-state index in [0.717, 1.165) is 6.42 Å². The minimum atomic E-state index is -0.423. The molecule has 0 spiro atoms. The number of carbonyl (C=O) groups excluding carboxylic acids is 2. The van der Waals surface area contributed by atoms with Gasteiger partial charge in [-0.05, 0) is 43.4 Å². The van der Waals surface area contributed by atoms with E-state index in [1.807, 2.05) is 36.4 Å². The lowest BCUT2D eigenvalue weighted by Crippen LogP contribution is -2.27. The van der Waals surface area contributed by atoms with Crippen LogP contribution in [0.3, 0.4) is 0 Å². The smallest absolute Gasteiger partial charge is 0.338 e. The molecular formula is C25H28O5. The molecule has 1 aliphatic carbocycles. The summed E-state index contributed by atoms with van der Waals surface area (Å²) in [7, 11) is 0. The number of fused-ring (bicyclic) bond motifs is 1. The first-order valence-electron chi connectivity index (χ1n) is 10.8. The van der Waals surface area contributed by atoms with Gasteiger partial charge in [-0.25, -0.2) is 4.79 Å². The zero-order valence-electron chi connectivity index (χ0n) is 17.0. The van der Waals surface area contributed by atoms with Crippen molar-refractivity contribution >= 4 is 11.9 Å². The van der Waals surface area contributed by atoms with Crippen molar-refractivity contribution in [1.82, 2.24) is 0 Å². The van der Waals surface area contributed by atoms with E-state index < -0.39 is 6.10 Å². The number of benzene rings is 2. The second-order valence-corrected chi connectivity index (χ2v) is 8.36. The largest absolute Gasteiger partial charge is 0.462 e. The highest BCUT2D eigenvalue weighted by Crippen LogP contribution is 2.45. The van der Waals surface area contributed by atoms with Crippen LogP contribution in [0, 0.1) is 11.8 Å². The highest BCUT2D eigenvalue weighted by Gasteiger charge is 2.51. The molecule has 1 N–H and O–H groups in total. The number of carbonyl (C=O) groups is 2. The Bertz CT molecular complexity index is 850. The predicted molar refractivity (Wildman–Crippen MR) is 112 cm³/mol. The fraction of sp³-hybridized carbons (Fsp3) is 0.440. The maximum Gasteiger partial charge on any atom is 0.338 e.